The van der Waals surface area contributed by atoms with Gasteiger partial charge in [0, 0.05) is 12.4 Å². The zero-order valence-electron chi connectivity index (χ0n) is 9.57. The van der Waals surface area contributed by atoms with Gasteiger partial charge in [-0.25, -0.2) is 0 Å². The summed E-state index contributed by atoms with van der Waals surface area (Å²) < 4.78 is 0. The molecular formula is C15H13NO. The molecule has 3 aromatic rings. The molecule has 84 valence electrons. The summed E-state index contributed by atoms with van der Waals surface area (Å²) in [5, 5.41) is 17.5. The van der Waals surface area contributed by atoms with Gasteiger partial charge in [0.25, 0.3) is 0 Å². The van der Waals surface area contributed by atoms with Crippen LogP contribution in [0.25, 0.3) is 21.5 Å². The molecule has 0 radical (unpaired) electrons. The molecule has 0 aliphatic rings. The van der Waals surface area contributed by atoms with Gasteiger partial charge in [0.2, 0.25) is 0 Å². The lowest BCUT2D eigenvalue weighted by molar-refractivity contribution is 0.484. The van der Waals surface area contributed by atoms with Crippen molar-refractivity contribution >= 4 is 27.2 Å². The van der Waals surface area contributed by atoms with E-state index in [1.807, 2.05) is 43.4 Å². The number of aromatic hydroxyl groups is 1. The van der Waals surface area contributed by atoms with E-state index in [1.165, 1.54) is 10.8 Å². The van der Waals surface area contributed by atoms with Gasteiger partial charge in [0.15, 0.2) is 0 Å². The summed E-state index contributed by atoms with van der Waals surface area (Å²) in [5.74, 6) is 0.316. The number of anilines is 1. The Morgan fingerprint density at radius 3 is 2.41 bits per heavy atom. The van der Waals surface area contributed by atoms with Crippen molar-refractivity contribution in [3.8, 4) is 5.75 Å². The van der Waals surface area contributed by atoms with E-state index in [0.717, 1.165) is 16.5 Å². The number of fused-ring (bicyclic) bond motifs is 3. The lowest BCUT2D eigenvalue weighted by atomic mass is 10.0. The standard InChI is InChI=1S/C15H13NO/c1-16-14-9-8-12-11-5-3-2-4-10(11)6-7-13(12)15(14)17/h2-9,16-17H,1H3. The molecule has 0 spiro atoms. The first kappa shape index (κ1) is 9.97. The third-order valence-electron chi connectivity index (χ3n) is 3.17. The molecule has 0 amide bonds. The quantitative estimate of drug-likeness (QED) is 0.486. The number of rotatable bonds is 1. The van der Waals surface area contributed by atoms with E-state index >= 15 is 0 Å². The average Bonchev–Trinajstić information content (AvgIpc) is 2.39. The summed E-state index contributed by atoms with van der Waals surface area (Å²) >= 11 is 0. The molecule has 0 fully saturated rings. The average molecular weight is 223 g/mol. The maximum Gasteiger partial charge on any atom is 0.146 e. The minimum atomic E-state index is 0.316. The molecule has 2 nitrogen and oxygen atoms in total. The smallest absolute Gasteiger partial charge is 0.146 e. The molecule has 0 heterocycles. The van der Waals surface area contributed by atoms with Gasteiger partial charge in [-0.2, -0.15) is 0 Å². The lowest BCUT2D eigenvalue weighted by Gasteiger charge is -2.09. The van der Waals surface area contributed by atoms with Gasteiger partial charge in [0.1, 0.15) is 5.75 Å². The van der Waals surface area contributed by atoms with Crippen LogP contribution in [0, 0.1) is 0 Å². The van der Waals surface area contributed by atoms with Crippen LogP contribution in [0.4, 0.5) is 5.69 Å². The molecule has 0 aliphatic heterocycles. The van der Waals surface area contributed by atoms with E-state index in [0.29, 0.717) is 5.75 Å². The second-order valence-corrected chi connectivity index (χ2v) is 4.09. The number of benzene rings is 3. The molecule has 0 aliphatic carbocycles. The van der Waals surface area contributed by atoms with Crippen LogP contribution in [0.15, 0.2) is 48.5 Å². The predicted molar refractivity (Wildman–Crippen MR) is 72.7 cm³/mol. The monoisotopic (exact) mass is 223 g/mol. The molecule has 3 rings (SSSR count). The Labute approximate surface area is 99.5 Å². The summed E-state index contributed by atoms with van der Waals surface area (Å²) in [7, 11) is 1.81. The van der Waals surface area contributed by atoms with E-state index in [2.05, 4.69) is 17.4 Å². The summed E-state index contributed by atoms with van der Waals surface area (Å²) in [6.45, 7) is 0. The van der Waals surface area contributed by atoms with Crippen molar-refractivity contribution in [2.45, 2.75) is 0 Å². The molecule has 0 saturated carbocycles. The van der Waals surface area contributed by atoms with Crippen LogP contribution < -0.4 is 5.32 Å². The first-order chi connectivity index (χ1) is 8.31. The highest BCUT2D eigenvalue weighted by Gasteiger charge is 2.07. The zero-order valence-corrected chi connectivity index (χ0v) is 9.57. The van der Waals surface area contributed by atoms with Crippen molar-refractivity contribution in [2.75, 3.05) is 12.4 Å². The van der Waals surface area contributed by atoms with Gasteiger partial charge in [0.05, 0.1) is 5.69 Å². The van der Waals surface area contributed by atoms with Crippen molar-refractivity contribution in [3.05, 3.63) is 48.5 Å². The van der Waals surface area contributed by atoms with Crippen LogP contribution in [0.1, 0.15) is 0 Å². The third kappa shape index (κ3) is 1.41. The maximum absolute atomic E-state index is 10.1. The zero-order chi connectivity index (χ0) is 11.8. The van der Waals surface area contributed by atoms with E-state index in [-0.39, 0.29) is 0 Å². The Hall–Kier alpha value is -2.22. The van der Waals surface area contributed by atoms with Crippen molar-refractivity contribution < 1.29 is 5.11 Å². The minimum absolute atomic E-state index is 0.316. The van der Waals surface area contributed by atoms with Crippen molar-refractivity contribution in [1.82, 2.24) is 0 Å². The largest absolute Gasteiger partial charge is 0.505 e. The number of phenolic OH excluding ortho intramolecular Hbond substituents is 1. The second-order valence-electron chi connectivity index (χ2n) is 4.09. The first-order valence-electron chi connectivity index (χ1n) is 5.62. The number of phenols is 1. The maximum atomic E-state index is 10.1. The Morgan fingerprint density at radius 1 is 0.824 bits per heavy atom. The highest BCUT2D eigenvalue weighted by molar-refractivity contribution is 6.10. The van der Waals surface area contributed by atoms with Crippen molar-refractivity contribution in [3.63, 3.8) is 0 Å². The molecule has 2 N–H and O–H groups in total. The topological polar surface area (TPSA) is 32.3 Å². The molecule has 0 aromatic heterocycles. The van der Waals surface area contributed by atoms with E-state index in [9.17, 15) is 5.11 Å². The van der Waals surface area contributed by atoms with E-state index in [4.69, 9.17) is 0 Å². The van der Waals surface area contributed by atoms with Crippen molar-refractivity contribution in [2.24, 2.45) is 0 Å². The van der Waals surface area contributed by atoms with Gasteiger partial charge in [-0.1, -0.05) is 36.4 Å². The molecule has 0 unspecified atom stereocenters. The molecule has 0 bridgehead atoms. The summed E-state index contributed by atoms with van der Waals surface area (Å²) in [5.41, 5.74) is 0.757. The third-order valence-corrected chi connectivity index (χ3v) is 3.17. The Bertz CT molecular complexity index is 704. The minimum Gasteiger partial charge on any atom is -0.505 e. The second kappa shape index (κ2) is 3.67. The van der Waals surface area contributed by atoms with Crippen LogP contribution in [0.3, 0.4) is 0 Å². The highest BCUT2D eigenvalue weighted by atomic mass is 16.3. The first-order valence-corrected chi connectivity index (χ1v) is 5.62. The van der Waals surface area contributed by atoms with Gasteiger partial charge < -0.3 is 10.4 Å². The Balaban J connectivity index is 2.49. The normalized spacial score (nSPS) is 10.9. The van der Waals surface area contributed by atoms with Crippen LogP contribution >= 0.6 is 0 Å². The fourth-order valence-electron chi connectivity index (χ4n) is 2.27. The van der Waals surface area contributed by atoms with Gasteiger partial charge in [-0.3, -0.25) is 0 Å². The highest BCUT2D eigenvalue weighted by Crippen LogP contribution is 2.35. The number of hydrogen-bond donors (Lipinski definition) is 2. The molecule has 0 atom stereocenters. The summed E-state index contributed by atoms with van der Waals surface area (Å²) in [6.07, 6.45) is 0. The number of hydrogen-bond acceptors (Lipinski definition) is 2. The van der Waals surface area contributed by atoms with Crippen LogP contribution in [0.5, 0.6) is 5.75 Å². The Morgan fingerprint density at radius 2 is 1.59 bits per heavy atom. The van der Waals surface area contributed by atoms with Gasteiger partial charge in [-0.15, -0.1) is 0 Å². The van der Waals surface area contributed by atoms with Crippen molar-refractivity contribution in [1.29, 1.82) is 0 Å². The molecule has 0 saturated heterocycles. The summed E-state index contributed by atoms with van der Waals surface area (Å²) in [4.78, 5) is 0. The summed E-state index contributed by atoms with van der Waals surface area (Å²) in [6, 6.07) is 16.2. The van der Waals surface area contributed by atoms with Crippen LogP contribution in [0.2, 0.25) is 0 Å². The molecule has 17 heavy (non-hydrogen) atoms. The van der Waals surface area contributed by atoms with E-state index < -0.39 is 0 Å². The lowest BCUT2D eigenvalue weighted by Crippen LogP contribution is -1.89. The fourth-order valence-corrected chi connectivity index (χ4v) is 2.27. The Kier molecular flexibility index (Phi) is 2.15. The molecular weight excluding hydrogens is 210 g/mol. The van der Waals surface area contributed by atoms with Gasteiger partial charge >= 0.3 is 0 Å². The predicted octanol–water partition coefficient (Wildman–Crippen LogP) is 3.74. The van der Waals surface area contributed by atoms with Gasteiger partial charge in [-0.05, 0) is 28.3 Å². The van der Waals surface area contributed by atoms with E-state index in [1.54, 1.807) is 0 Å². The molecule has 3 aromatic carbocycles. The number of nitrogens with one attached hydrogen (secondary N) is 1. The fraction of sp³-hybridized carbons (Fsp3) is 0.0667. The van der Waals surface area contributed by atoms with Crippen LogP contribution in [-0.4, -0.2) is 12.2 Å². The SMILES string of the molecule is CNc1ccc2c(ccc3ccccc32)c1O. The van der Waals surface area contributed by atoms with Crippen LogP contribution in [-0.2, 0) is 0 Å². The molecule has 2 heteroatoms.